The van der Waals surface area contributed by atoms with Crippen molar-refractivity contribution in [2.24, 2.45) is 0 Å². The van der Waals surface area contributed by atoms with E-state index in [4.69, 9.17) is 8.92 Å². The lowest BCUT2D eigenvalue weighted by Crippen LogP contribution is -2.66. The van der Waals surface area contributed by atoms with Crippen molar-refractivity contribution in [2.75, 3.05) is 19.5 Å². The Morgan fingerprint density at radius 3 is 1.57 bits per heavy atom. The molecule has 0 saturated carbocycles. The van der Waals surface area contributed by atoms with Gasteiger partial charge in [0.05, 0.1) is 12.6 Å². The minimum atomic E-state index is -2.15. The number of ether oxygens (including phenoxy) is 1. The second kappa shape index (κ2) is 13.7. The molecular formula is C39H35NO5S. The Morgan fingerprint density at radius 1 is 0.696 bits per heavy atom. The molecule has 0 spiro atoms. The zero-order valence-electron chi connectivity index (χ0n) is 25.5. The highest BCUT2D eigenvalue weighted by Crippen LogP contribution is 2.45. The molecule has 232 valence electrons. The predicted octanol–water partition coefficient (Wildman–Crippen LogP) is 7.43. The van der Waals surface area contributed by atoms with Crippen LogP contribution in [0.5, 0.6) is 0 Å². The Balaban J connectivity index is 1.46. The Labute approximate surface area is 273 Å². The zero-order valence-corrected chi connectivity index (χ0v) is 26.3. The van der Waals surface area contributed by atoms with E-state index >= 15 is 0 Å². The van der Waals surface area contributed by atoms with E-state index in [9.17, 15) is 14.7 Å². The highest BCUT2D eigenvalue weighted by atomic mass is 32.2. The number of carboxylic acids is 1. The lowest BCUT2D eigenvalue weighted by molar-refractivity contribution is -0.164. The molecule has 7 heteroatoms. The molecule has 1 aliphatic carbocycles. The number of aliphatic carboxylic acids is 1. The van der Waals surface area contributed by atoms with Gasteiger partial charge in [0.1, 0.15) is 6.61 Å². The van der Waals surface area contributed by atoms with E-state index in [1.165, 1.54) is 7.11 Å². The monoisotopic (exact) mass is 629 g/mol. The SMILES string of the molecule is COSCC[C@](NC(c1ccccc1)(c1ccccc1)c1ccccc1)(C(=O)O)C(=O)OCC1c2ccccc2-c2ccccc21. The first-order valence-corrected chi connectivity index (χ1v) is 16.1. The summed E-state index contributed by atoms with van der Waals surface area (Å²) < 4.78 is 11.4. The topological polar surface area (TPSA) is 84.9 Å². The van der Waals surface area contributed by atoms with Gasteiger partial charge in [-0.05, 0) is 57.4 Å². The number of nitrogens with one attached hydrogen (secondary N) is 1. The highest BCUT2D eigenvalue weighted by Gasteiger charge is 2.54. The Kier molecular flexibility index (Phi) is 9.35. The van der Waals surface area contributed by atoms with Crippen LogP contribution in [0, 0.1) is 0 Å². The average Bonchev–Trinajstić information content (AvgIpc) is 3.43. The van der Waals surface area contributed by atoms with E-state index in [-0.39, 0.29) is 24.7 Å². The molecule has 6 rings (SSSR count). The Bertz CT molecular complexity index is 1660. The number of carboxylic acid groups (broad SMARTS) is 1. The minimum Gasteiger partial charge on any atom is -0.479 e. The molecule has 46 heavy (non-hydrogen) atoms. The quantitative estimate of drug-likeness (QED) is 0.0461. The van der Waals surface area contributed by atoms with Gasteiger partial charge in [0.15, 0.2) is 0 Å². The summed E-state index contributed by atoms with van der Waals surface area (Å²) in [6.07, 6.45) is -0.0915. The highest BCUT2D eigenvalue weighted by molar-refractivity contribution is 7.94. The van der Waals surface area contributed by atoms with Gasteiger partial charge in [-0.15, -0.1) is 0 Å². The van der Waals surface area contributed by atoms with Crippen molar-refractivity contribution in [3.63, 3.8) is 0 Å². The molecule has 0 amide bonds. The van der Waals surface area contributed by atoms with Crippen molar-refractivity contribution in [3.05, 3.63) is 167 Å². The van der Waals surface area contributed by atoms with E-state index in [1.54, 1.807) is 0 Å². The summed E-state index contributed by atoms with van der Waals surface area (Å²) in [4.78, 5) is 28.1. The smallest absolute Gasteiger partial charge is 0.338 e. The summed E-state index contributed by atoms with van der Waals surface area (Å²) in [7, 11) is 1.52. The van der Waals surface area contributed by atoms with Gasteiger partial charge in [-0.25, -0.2) is 9.59 Å². The van der Waals surface area contributed by atoms with Crippen LogP contribution in [-0.4, -0.2) is 42.1 Å². The van der Waals surface area contributed by atoms with Crippen molar-refractivity contribution >= 4 is 24.0 Å². The predicted molar refractivity (Wildman–Crippen MR) is 181 cm³/mol. The number of carbonyl (C=O) groups is 2. The molecule has 0 radical (unpaired) electrons. The normalized spacial score (nSPS) is 13.8. The van der Waals surface area contributed by atoms with Crippen LogP contribution in [-0.2, 0) is 24.0 Å². The van der Waals surface area contributed by atoms with Gasteiger partial charge < -0.3 is 14.0 Å². The molecule has 0 aromatic heterocycles. The maximum absolute atomic E-state index is 14.5. The van der Waals surface area contributed by atoms with Crippen LogP contribution in [0.1, 0.15) is 40.2 Å². The summed E-state index contributed by atoms with van der Waals surface area (Å²) in [6.45, 7) is -0.00397. The van der Waals surface area contributed by atoms with Gasteiger partial charge >= 0.3 is 11.9 Å². The number of rotatable bonds is 13. The van der Waals surface area contributed by atoms with Crippen LogP contribution in [0.15, 0.2) is 140 Å². The van der Waals surface area contributed by atoms with Crippen LogP contribution >= 0.6 is 12.0 Å². The molecule has 1 atom stereocenters. The fourth-order valence-electron chi connectivity index (χ4n) is 6.56. The molecule has 6 nitrogen and oxygen atoms in total. The number of hydrogen-bond acceptors (Lipinski definition) is 6. The maximum atomic E-state index is 14.5. The van der Waals surface area contributed by atoms with E-state index in [2.05, 4.69) is 17.4 Å². The van der Waals surface area contributed by atoms with Gasteiger partial charge in [-0.3, -0.25) is 5.32 Å². The molecule has 1 aliphatic rings. The molecular weight excluding hydrogens is 594 g/mol. The van der Waals surface area contributed by atoms with Crippen molar-refractivity contribution in [3.8, 4) is 11.1 Å². The summed E-state index contributed by atoms with van der Waals surface area (Å²) in [6, 6.07) is 45.0. The van der Waals surface area contributed by atoms with Gasteiger partial charge in [0.25, 0.3) is 0 Å². The Hall–Kier alpha value is -4.69. The first-order chi connectivity index (χ1) is 22.5. The third kappa shape index (κ3) is 5.73. The standard InChI is InChI=1S/C39H35NO5S/c1-44-46-26-25-38(36(41)42,37(43)45-27-35-33-23-13-11-21-31(33)32-22-12-14-24-34(32)35)40-39(28-15-5-2-6-16-28,29-17-7-3-8-18-29)30-19-9-4-10-20-30/h2-24,35,40H,25-27H2,1H3,(H,41,42)/t38-/m0/s1. The molecule has 5 aromatic carbocycles. The molecule has 0 saturated heterocycles. The van der Waals surface area contributed by atoms with Gasteiger partial charge in [0.2, 0.25) is 5.54 Å². The van der Waals surface area contributed by atoms with E-state index in [0.717, 1.165) is 51.0 Å². The largest absolute Gasteiger partial charge is 0.479 e. The Morgan fingerprint density at radius 2 is 1.13 bits per heavy atom. The number of esters is 1. The first-order valence-electron chi connectivity index (χ1n) is 15.2. The van der Waals surface area contributed by atoms with Crippen LogP contribution in [0.25, 0.3) is 11.1 Å². The number of benzene rings is 5. The van der Waals surface area contributed by atoms with Crippen LogP contribution in [0.2, 0.25) is 0 Å². The minimum absolute atomic E-state index is 0.00397. The maximum Gasteiger partial charge on any atom is 0.338 e. The number of fused-ring (bicyclic) bond motifs is 3. The summed E-state index contributed by atoms with van der Waals surface area (Å²) in [5.74, 6) is -2.17. The van der Waals surface area contributed by atoms with Crippen LogP contribution in [0.3, 0.4) is 0 Å². The van der Waals surface area contributed by atoms with Crippen molar-refractivity contribution in [2.45, 2.75) is 23.4 Å². The lowest BCUT2D eigenvalue weighted by atomic mass is 9.74. The summed E-state index contributed by atoms with van der Waals surface area (Å²) >= 11 is 1.10. The average molecular weight is 630 g/mol. The van der Waals surface area contributed by atoms with Gasteiger partial charge in [-0.2, -0.15) is 0 Å². The third-order valence-electron chi connectivity index (χ3n) is 8.76. The molecule has 0 heterocycles. The lowest BCUT2D eigenvalue weighted by Gasteiger charge is -2.43. The van der Waals surface area contributed by atoms with E-state index in [1.807, 2.05) is 127 Å². The third-order valence-corrected chi connectivity index (χ3v) is 9.36. The van der Waals surface area contributed by atoms with Gasteiger partial charge in [-0.1, -0.05) is 140 Å². The van der Waals surface area contributed by atoms with Crippen LogP contribution in [0.4, 0.5) is 0 Å². The number of carbonyl (C=O) groups excluding carboxylic acids is 1. The van der Waals surface area contributed by atoms with Crippen LogP contribution < -0.4 is 5.32 Å². The van der Waals surface area contributed by atoms with Crippen molar-refractivity contribution < 1.29 is 23.6 Å². The fraction of sp³-hybridized carbons (Fsp3) is 0.179. The van der Waals surface area contributed by atoms with Crippen molar-refractivity contribution in [1.82, 2.24) is 5.32 Å². The second-order valence-electron chi connectivity index (χ2n) is 11.2. The number of hydrogen-bond donors (Lipinski definition) is 2. The molecule has 0 aliphatic heterocycles. The molecule has 0 unspecified atom stereocenters. The summed E-state index contributed by atoms with van der Waals surface area (Å²) in [5, 5.41) is 14.6. The molecule has 2 N–H and O–H groups in total. The fourth-order valence-corrected chi connectivity index (χ4v) is 7.12. The first kappa shape index (κ1) is 31.3. The second-order valence-corrected chi connectivity index (χ2v) is 12.2. The molecule has 5 aromatic rings. The van der Waals surface area contributed by atoms with E-state index in [0.29, 0.717) is 0 Å². The summed E-state index contributed by atoms with van der Waals surface area (Å²) in [5.41, 5.74) is 3.25. The van der Waals surface area contributed by atoms with Gasteiger partial charge in [0, 0.05) is 11.7 Å². The zero-order chi connectivity index (χ0) is 32.0. The molecule has 0 fully saturated rings. The van der Waals surface area contributed by atoms with E-state index < -0.39 is 23.0 Å². The molecule has 0 bridgehead atoms. The van der Waals surface area contributed by atoms with Crippen molar-refractivity contribution in [1.29, 1.82) is 0 Å².